The molecule has 1 heterocycles. The maximum Gasteiger partial charge on any atom is 0.329 e. The van der Waals surface area contributed by atoms with Gasteiger partial charge < -0.3 is 38.6 Å². The summed E-state index contributed by atoms with van der Waals surface area (Å²) in [5, 5.41) is 2.90. The van der Waals surface area contributed by atoms with Crippen molar-refractivity contribution in [3.63, 3.8) is 0 Å². The molecule has 1 aliphatic heterocycles. The third kappa shape index (κ3) is 10.9. The zero-order chi connectivity index (χ0) is 41.0. The molecule has 1 N–H and O–H groups in total. The maximum absolute atomic E-state index is 14.4. The lowest BCUT2D eigenvalue weighted by Gasteiger charge is -2.37. The largest absolute Gasteiger partial charge is 0.493 e. The number of hydrogen-bond acceptors (Lipinski definition) is 10. The van der Waals surface area contributed by atoms with Crippen molar-refractivity contribution < 1.29 is 47.6 Å². The molecule has 0 aliphatic carbocycles. The maximum atomic E-state index is 14.4. The number of piperidine rings is 1. The first-order valence-corrected chi connectivity index (χ1v) is 19.2. The summed E-state index contributed by atoms with van der Waals surface area (Å²) in [7, 11) is 7.74. The van der Waals surface area contributed by atoms with Crippen molar-refractivity contribution >= 4 is 29.3 Å². The quantitative estimate of drug-likeness (QED) is 0.127. The molecule has 0 aromatic heterocycles. The number of carbonyl (C=O) groups is 4. The van der Waals surface area contributed by atoms with Gasteiger partial charge in [-0.2, -0.15) is 0 Å². The number of hydrogen-bond donors (Lipinski definition) is 1. The second-order valence-corrected chi connectivity index (χ2v) is 15.0. The average Bonchev–Trinajstić information content (AvgIpc) is 3.20. The van der Waals surface area contributed by atoms with E-state index in [4.69, 9.17) is 28.4 Å². The number of carbonyl (C=O) groups excluding carboxylic acids is 4. The smallest absolute Gasteiger partial charge is 0.329 e. The van der Waals surface area contributed by atoms with Crippen molar-refractivity contribution in [3.8, 4) is 28.7 Å². The van der Waals surface area contributed by atoms with Crippen molar-refractivity contribution in [2.24, 2.45) is 5.41 Å². The molecule has 1 fully saturated rings. The van der Waals surface area contributed by atoms with Gasteiger partial charge in [-0.1, -0.05) is 45.9 Å². The zero-order valence-electron chi connectivity index (χ0n) is 34.3. The van der Waals surface area contributed by atoms with Crippen molar-refractivity contribution in [1.29, 1.82) is 0 Å². The van der Waals surface area contributed by atoms with Gasteiger partial charge in [0.2, 0.25) is 17.6 Å². The normalized spacial score (nSPS) is 15.2. The highest BCUT2D eigenvalue weighted by Gasteiger charge is 2.38. The van der Waals surface area contributed by atoms with Gasteiger partial charge >= 0.3 is 5.97 Å². The van der Waals surface area contributed by atoms with E-state index in [2.05, 4.69) is 5.32 Å². The minimum Gasteiger partial charge on any atom is -0.493 e. The summed E-state index contributed by atoms with van der Waals surface area (Å²) in [5.74, 6) is 0.975. The minimum atomic E-state index is -0.792. The number of methoxy groups -OCH3 is 5. The highest BCUT2D eigenvalue weighted by atomic mass is 16.5. The van der Waals surface area contributed by atoms with E-state index in [1.807, 2.05) is 52.0 Å². The lowest BCUT2D eigenvalue weighted by molar-refractivity contribution is -0.162. The van der Waals surface area contributed by atoms with Gasteiger partial charge in [0.15, 0.2) is 23.0 Å². The molecule has 3 atom stereocenters. The number of benzene rings is 3. The molecular formula is C44H58N2O10. The Hall–Kier alpha value is -5.26. The summed E-state index contributed by atoms with van der Waals surface area (Å²) in [6.07, 6.45) is 2.86. The number of anilines is 1. The monoisotopic (exact) mass is 774 g/mol. The first kappa shape index (κ1) is 43.5. The Morgan fingerprint density at radius 2 is 1.46 bits per heavy atom. The number of ketones is 1. The first-order chi connectivity index (χ1) is 26.8. The molecule has 56 heavy (non-hydrogen) atoms. The van der Waals surface area contributed by atoms with Crippen LogP contribution in [0.4, 0.5) is 5.69 Å². The van der Waals surface area contributed by atoms with Crippen LogP contribution in [0.15, 0.2) is 54.6 Å². The highest BCUT2D eigenvalue weighted by molar-refractivity contribution is 5.94. The fourth-order valence-electron chi connectivity index (χ4n) is 6.98. The summed E-state index contributed by atoms with van der Waals surface area (Å²) in [6.45, 7) is 7.85. The SMILES string of the molecule is CC[C@H](C(=O)N1CCCC[C@H]1C(=O)O[C@H](CCc1ccc(OC)c(OC)c1)c1cccc(NC(=O)CCC(=O)C(C)(C)C)c1)c1cc(OC)c(OC)c(OC)c1. The molecule has 3 aromatic rings. The fourth-order valence-corrected chi connectivity index (χ4v) is 6.98. The second-order valence-electron chi connectivity index (χ2n) is 15.0. The molecule has 1 aliphatic rings. The van der Waals surface area contributed by atoms with Crippen LogP contribution < -0.4 is 29.0 Å². The Bertz CT molecular complexity index is 1810. The van der Waals surface area contributed by atoms with E-state index in [9.17, 15) is 19.2 Å². The van der Waals surface area contributed by atoms with E-state index < -0.39 is 29.4 Å². The van der Waals surface area contributed by atoms with E-state index >= 15 is 0 Å². The van der Waals surface area contributed by atoms with Gasteiger partial charge in [-0.05, 0) is 91.6 Å². The van der Waals surface area contributed by atoms with Crippen LogP contribution in [0.25, 0.3) is 0 Å². The van der Waals surface area contributed by atoms with Gasteiger partial charge in [-0.25, -0.2) is 4.79 Å². The molecule has 3 aromatic carbocycles. The van der Waals surface area contributed by atoms with Crippen LogP contribution in [-0.2, 0) is 30.3 Å². The number of aryl methyl sites for hydroxylation is 1. The molecule has 0 bridgehead atoms. The number of nitrogens with one attached hydrogen (secondary N) is 1. The molecule has 0 spiro atoms. The number of likely N-dealkylation sites (tertiary alicyclic amines) is 1. The number of amides is 2. The Kier molecular flexibility index (Phi) is 15.6. The van der Waals surface area contributed by atoms with Crippen LogP contribution in [0.3, 0.4) is 0 Å². The fraction of sp³-hybridized carbons (Fsp3) is 0.500. The number of Topliss-reactive ketones (excluding diaryl/α,β-unsaturated/α-hetero) is 1. The van der Waals surface area contributed by atoms with Crippen molar-refractivity contribution in [2.45, 2.75) is 97.1 Å². The lowest BCUT2D eigenvalue weighted by atomic mass is 9.88. The molecule has 304 valence electrons. The second kappa shape index (κ2) is 20.1. The minimum absolute atomic E-state index is 0.00693. The van der Waals surface area contributed by atoms with Gasteiger partial charge in [0, 0.05) is 30.5 Å². The van der Waals surface area contributed by atoms with Crippen LogP contribution in [-0.4, -0.2) is 76.6 Å². The Labute approximate surface area is 331 Å². The van der Waals surface area contributed by atoms with E-state index in [1.165, 1.54) is 21.3 Å². The predicted octanol–water partition coefficient (Wildman–Crippen LogP) is 7.86. The van der Waals surface area contributed by atoms with Gasteiger partial charge in [-0.3, -0.25) is 14.4 Å². The van der Waals surface area contributed by atoms with Crippen LogP contribution in [0, 0.1) is 5.41 Å². The van der Waals surface area contributed by atoms with Gasteiger partial charge in [0.25, 0.3) is 0 Å². The molecule has 12 heteroatoms. The van der Waals surface area contributed by atoms with Crippen LogP contribution >= 0.6 is 0 Å². The van der Waals surface area contributed by atoms with Crippen molar-refractivity contribution in [1.82, 2.24) is 4.90 Å². The van der Waals surface area contributed by atoms with E-state index in [1.54, 1.807) is 49.5 Å². The first-order valence-electron chi connectivity index (χ1n) is 19.2. The van der Waals surface area contributed by atoms with Gasteiger partial charge in [-0.15, -0.1) is 0 Å². The van der Waals surface area contributed by atoms with Crippen LogP contribution in [0.5, 0.6) is 28.7 Å². The Morgan fingerprint density at radius 1 is 0.786 bits per heavy atom. The number of rotatable bonds is 18. The molecular weight excluding hydrogens is 716 g/mol. The van der Waals surface area contributed by atoms with Crippen molar-refractivity contribution in [3.05, 3.63) is 71.3 Å². The van der Waals surface area contributed by atoms with E-state index in [0.717, 1.165) is 18.4 Å². The molecule has 12 nitrogen and oxygen atoms in total. The molecule has 2 amide bonds. The standard InChI is InChI=1S/C44H58N2O10/c1-10-32(30-26-37(53-7)41(55-9)38(27-30)54-8)42(49)46-23-12-11-16-33(46)43(50)56-34(19-17-28-18-20-35(51-5)36(24-28)52-6)29-14-13-15-31(25-29)45-40(48)22-21-39(47)44(2,3)4/h13-15,18,20,24-27,32-34H,10-12,16-17,19,21-23H2,1-9H3,(H,45,48)/t32-,33-,34+/m0/s1. The Morgan fingerprint density at radius 3 is 2.07 bits per heavy atom. The number of ether oxygens (including phenoxy) is 6. The van der Waals surface area contributed by atoms with Crippen LogP contribution in [0.1, 0.15) is 101 Å². The van der Waals surface area contributed by atoms with E-state index in [0.29, 0.717) is 77.8 Å². The summed E-state index contributed by atoms with van der Waals surface area (Å²) in [5.41, 5.74) is 2.31. The lowest BCUT2D eigenvalue weighted by Crippen LogP contribution is -2.50. The van der Waals surface area contributed by atoms with Gasteiger partial charge in [0.05, 0.1) is 41.5 Å². The highest BCUT2D eigenvalue weighted by Crippen LogP contribution is 2.41. The van der Waals surface area contributed by atoms with Gasteiger partial charge in [0.1, 0.15) is 17.9 Å². The van der Waals surface area contributed by atoms with Crippen LogP contribution in [0.2, 0.25) is 0 Å². The molecule has 1 saturated heterocycles. The third-order valence-electron chi connectivity index (χ3n) is 10.2. The summed E-state index contributed by atoms with van der Waals surface area (Å²) in [4.78, 5) is 55.7. The molecule has 0 saturated carbocycles. The summed E-state index contributed by atoms with van der Waals surface area (Å²) >= 11 is 0. The third-order valence-corrected chi connectivity index (χ3v) is 10.2. The average molecular weight is 775 g/mol. The summed E-state index contributed by atoms with van der Waals surface area (Å²) in [6, 6.07) is 15.6. The topological polar surface area (TPSA) is 139 Å². The number of esters is 1. The molecule has 0 unspecified atom stereocenters. The predicted molar refractivity (Wildman–Crippen MR) is 214 cm³/mol. The Balaban J connectivity index is 1.61. The zero-order valence-corrected chi connectivity index (χ0v) is 34.3. The number of nitrogens with zero attached hydrogens (tertiary/aromatic N) is 1. The molecule has 0 radical (unpaired) electrons. The van der Waals surface area contributed by atoms with Crippen molar-refractivity contribution in [2.75, 3.05) is 47.4 Å². The van der Waals surface area contributed by atoms with E-state index in [-0.39, 0.29) is 30.4 Å². The molecule has 4 rings (SSSR count). The summed E-state index contributed by atoms with van der Waals surface area (Å²) < 4.78 is 34.0.